The fourth-order valence-electron chi connectivity index (χ4n) is 2.50. The van der Waals surface area contributed by atoms with Gasteiger partial charge in [-0.1, -0.05) is 6.92 Å². The molecule has 2 unspecified atom stereocenters. The number of hydrogen-bond acceptors (Lipinski definition) is 12. The van der Waals surface area contributed by atoms with Crippen LogP contribution in [0.2, 0.25) is 0 Å². The number of fused-ring (bicyclic) bond motifs is 1. The number of rotatable bonds is 13. The van der Waals surface area contributed by atoms with Crippen LogP contribution in [-0.4, -0.2) is 69.2 Å². The van der Waals surface area contributed by atoms with Crippen LogP contribution in [0.15, 0.2) is 12.7 Å². The van der Waals surface area contributed by atoms with Crippen molar-refractivity contribution in [3.63, 3.8) is 0 Å². The lowest BCUT2D eigenvalue weighted by Gasteiger charge is -2.36. The third-order valence-corrected chi connectivity index (χ3v) is 7.94. The van der Waals surface area contributed by atoms with Gasteiger partial charge in [0, 0.05) is 0 Å². The van der Waals surface area contributed by atoms with Gasteiger partial charge in [0.2, 0.25) is 0 Å². The molecule has 0 aliphatic carbocycles. The molecule has 0 fully saturated rings. The Morgan fingerprint density at radius 1 is 1.15 bits per heavy atom. The summed E-state index contributed by atoms with van der Waals surface area (Å²) in [6.45, 7) is -1.47. The molecule has 0 radical (unpaired) electrons. The normalized spacial score (nSPS) is 19.0. The van der Waals surface area contributed by atoms with Crippen LogP contribution in [0.5, 0.6) is 0 Å². The largest absolute Gasteiger partial charge is 0.490 e. The average Bonchev–Trinajstić information content (AvgIpc) is 3.09. The van der Waals surface area contributed by atoms with E-state index in [0.717, 1.165) is 6.33 Å². The Bertz CT molecular complexity index is 1110. The monoisotopic (exact) mass is 539 g/mol. The SMILES string of the molecule is CC[C@](COP(=O)(O)OP(=O)(O)OP(=O)(O)O)(OCn1cnc2c(N)ncnc21)[C@@H](O)CF. The van der Waals surface area contributed by atoms with Crippen molar-refractivity contribution < 1.29 is 60.6 Å². The van der Waals surface area contributed by atoms with Crippen molar-refractivity contribution in [1.29, 1.82) is 0 Å². The molecular weight excluding hydrogens is 518 g/mol. The van der Waals surface area contributed by atoms with E-state index in [-0.39, 0.29) is 23.4 Å². The minimum absolute atomic E-state index is 0.0666. The lowest BCUT2D eigenvalue weighted by molar-refractivity contribution is -0.171. The van der Waals surface area contributed by atoms with Crippen LogP contribution in [0.3, 0.4) is 0 Å². The number of anilines is 1. The number of phosphoric acid groups is 3. The highest BCUT2D eigenvalue weighted by Crippen LogP contribution is 2.66. The Balaban J connectivity index is 2.19. The lowest BCUT2D eigenvalue weighted by Crippen LogP contribution is -2.49. The maximum Gasteiger partial charge on any atom is 0.490 e. The predicted octanol–water partition coefficient (Wildman–Crippen LogP) is 0.205. The second-order valence-corrected chi connectivity index (χ2v) is 10.8. The Labute approximate surface area is 184 Å². The highest BCUT2D eigenvalue weighted by molar-refractivity contribution is 7.66. The van der Waals surface area contributed by atoms with Crippen molar-refractivity contribution in [1.82, 2.24) is 19.5 Å². The zero-order valence-electron chi connectivity index (χ0n) is 16.7. The third kappa shape index (κ3) is 7.55. The van der Waals surface area contributed by atoms with Crippen molar-refractivity contribution in [2.75, 3.05) is 19.0 Å². The fraction of sp³-hybridized carbons (Fsp3) is 0.583. The van der Waals surface area contributed by atoms with E-state index in [1.54, 1.807) is 0 Å². The van der Waals surface area contributed by atoms with Crippen molar-refractivity contribution in [2.45, 2.75) is 31.8 Å². The van der Waals surface area contributed by atoms with Gasteiger partial charge in [-0.15, -0.1) is 0 Å². The molecule has 21 heteroatoms. The summed E-state index contributed by atoms with van der Waals surface area (Å²) in [6, 6.07) is 0. The van der Waals surface area contributed by atoms with Gasteiger partial charge in [0.05, 0.1) is 12.9 Å². The first-order valence-electron chi connectivity index (χ1n) is 8.71. The van der Waals surface area contributed by atoms with Gasteiger partial charge in [-0.2, -0.15) is 8.62 Å². The number of imidazole rings is 1. The maximum absolute atomic E-state index is 13.3. The molecule has 0 aliphatic rings. The molecule has 0 saturated heterocycles. The van der Waals surface area contributed by atoms with Crippen LogP contribution in [-0.2, 0) is 38.3 Å². The highest BCUT2D eigenvalue weighted by atomic mass is 31.3. The number of ether oxygens (including phenoxy) is 1. The smallest absolute Gasteiger partial charge is 0.387 e. The van der Waals surface area contributed by atoms with Crippen molar-refractivity contribution >= 4 is 40.4 Å². The summed E-state index contributed by atoms with van der Waals surface area (Å²) in [4.78, 5) is 47.7. The first-order valence-corrected chi connectivity index (χ1v) is 13.2. The van der Waals surface area contributed by atoms with Gasteiger partial charge in [0.15, 0.2) is 11.5 Å². The number of halogens is 1. The van der Waals surface area contributed by atoms with E-state index in [1.807, 2.05) is 0 Å². The van der Waals surface area contributed by atoms with E-state index in [0.29, 0.717) is 0 Å². The summed E-state index contributed by atoms with van der Waals surface area (Å²) in [5.74, 6) is 0.0666. The quantitative estimate of drug-likeness (QED) is 0.186. The van der Waals surface area contributed by atoms with E-state index in [2.05, 4.69) is 28.1 Å². The van der Waals surface area contributed by atoms with Gasteiger partial charge in [-0.05, 0) is 6.42 Å². The summed E-state index contributed by atoms with van der Waals surface area (Å²) in [6.07, 6.45) is 0.274. The molecule has 0 bridgehead atoms. The third-order valence-electron chi connectivity index (χ3n) is 4.16. The van der Waals surface area contributed by atoms with Crippen molar-refractivity contribution in [2.24, 2.45) is 0 Å². The molecule has 0 amide bonds. The number of alkyl halides is 1. The maximum atomic E-state index is 13.3. The summed E-state index contributed by atoms with van der Waals surface area (Å²) >= 11 is 0. The molecule has 0 spiro atoms. The minimum atomic E-state index is -5.76. The first kappa shape index (κ1) is 27.9. The number of aliphatic hydroxyl groups excluding tert-OH is 1. The van der Waals surface area contributed by atoms with E-state index in [9.17, 15) is 33.0 Å². The lowest BCUT2D eigenvalue weighted by atomic mass is 9.95. The topological polar surface area (TPSA) is 259 Å². The fourth-order valence-corrected chi connectivity index (χ4v) is 5.58. The van der Waals surface area contributed by atoms with Crippen LogP contribution in [0.25, 0.3) is 11.2 Å². The zero-order valence-corrected chi connectivity index (χ0v) is 19.4. The second-order valence-electron chi connectivity index (χ2n) is 6.37. The van der Waals surface area contributed by atoms with Gasteiger partial charge in [-0.3, -0.25) is 9.09 Å². The molecule has 2 rings (SSSR count). The van der Waals surface area contributed by atoms with Gasteiger partial charge in [0.25, 0.3) is 0 Å². The summed E-state index contributed by atoms with van der Waals surface area (Å²) < 4.78 is 66.1. The van der Waals surface area contributed by atoms with Crippen LogP contribution in [0, 0.1) is 0 Å². The molecule has 2 aromatic heterocycles. The Morgan fingerprint density at radius 2 is 1.82 bits per heavy atom. The number of nitrogens with two attached hydrogens (primary N) is 1. The van der Waals surface area contributed by atoms with Crippen LogP contribution in [0.1, 0.15) is 13.3 Å². The Morgan fingerprint density at radius 3 is 2.39 bits per heavy atom. The van der Waals surface area contributed by atoms with E-state index in [4.69, 9.17) is 20.3 Å². The molecule has 0 saturated carbocycles. The highest BCUT2D eigenvalue weighted by Gasteiger charge is 2.45. The summed E-state index contributed by atoms with van der Waals surface area (Å²) in [5.41, 5.74) is 4.12. The molecule has 2 heterocycles. The standard InChI is InChI=1S/C12H21FN5O12P3/c1-2-12(8(19)3-13,4-28-32(23,24)30-33(25,26)29-31(20,21)22)27-7-18-6-17-9-10(14)15-5-16-11(9)18/h5-6,8,19H,2-4,7H2,1H3,(H,23,24)(H,25,26)(H2,14,15,16)(H2,20,21,22)/t8-,12+/m0/s1. The number of hydrogen-bond donors (Lipinski definition) is 6. The number of aromatic nitrogens is 4. The van der Waals surface area contributed by atoms with Gasteiger partial charge >= 0.3 is 23.5 Å². The van der Waals surface area contributed by atoms with Crippen LogP contribution in [0.4, 0.5) is 10.2 Å². The minimum Gasteiger partial charge on any atom is -0.387 e. The molecular formula is C12H21FN5O12P3. The molecule has 7 N–H and O–H groups in total. The second kappa shape index (κ2) is 10.5. The Kier molecular flexibility index (Phi) is 8.84. The van der Waals surface area contributed by atoms with Gasteiger partial charge < -0.3 is 35.2 Å². The number of phosphoric ester groups is 1. The van der Waals surface area contributed by atoms with Gasteiger partial charge in [0.1, 0.15) is 37.0 Å². The molecule has 188 valence electrons. The number of nitrogens with zero attached hydrogens (tertiary/aromatic N) is 4. The van der Waals surface area contributed by atoms with Crippen molar-refractivity contribution in [3.05, 3.63) is 12.7 Å². The molecule has 4 atom stereocenters. The van der Waals surface area contributed by atoms with Crippen LogP contribution >= 0.6 is 23.5 Å². The molecule has 33 heavy (non-hydrogen) atoms. The Hall–Kier alpha value is -1.39. The average molecular weight is 539 g/mol. The molecule has 0 aromatic carbocycles. The first-order chi connectivity index (χ1) is 15.1. The zero-order chi connectivity index (χ0) is 25.1. The van der Waals surface area contributed by atoms with E-state index in [1.165, 1.54) is 17.8 Å². The summed E-state index contributed by atoms with van der Waals surface area (Å²) in [5, 5.41) is 10.1. The molecule has 2 aromatic rings. The number of aliphatic hydroxyl groups is 1. The van der Waals surface area contributed by atoms with E-state index < -0.39 is 55.2 Å². The van der Waals surface area contributed by atoms with E-state index >= 15 is 0 Å². The summed E-state index contributed by atoms with van der Waals surface area (Å²) in [7, 11) is -16.9. The van der Waals surface area contributed by atoms with Gasteiger partial charge in [-0.25, -0.2) is 33.0 Å². The molecule has 0 aliphatic heterocycles. The van der Waals surface area contributed by atoms with Crippen LogP contribution < -0.4 is 5.73 Å². The van der Waals surface area contributed by atoms with Crippen molar-refractivity contribution in [3.8, 4) is 0 Å². The number of nitrogen functional groups attached to an aromatic ring is 1. The molecule has 17 nitrogen and oxygen atoms in total. The predicted molar refractivity (Wildman–Crippen MR) is 106 cm³/mol.